The molecule has 4 nitrogen and oxygen atoms in total. The van der Waals surface area contributed by atoms with Crippen LogP contribution in [0.25, 0.3) is 11.1 Å². The van der Waals surface area contributed by atoms with Gasteiger partial charge >= 0.3 is 0 Å². The SMILES string of the molecule is CCn1c(=O)/c(=C2\Sc3cc(C)ccc3N2C)s/c1=C\c1scc[n+]1CC. The fourth-order valence-electron chi connectivity index (χ4n) is 3.23. The Morgan fingerprint density at radius 3 is 2.81 bits per heavy atom. The summed E-state index contributed by atoms with van der Waals surface area (Å²) in [5, 5.41) is 4.29. The highest BCUT2D eigenvalue weighted by atomic mass is 32.2. The van der Waals surface area contributed by atoms with Gasteiger partial charge in [-0.05, 0) is 38.5 Å². The monoisotopic (exact) mass is 416 g/mol. The van der Waals surface area contributed by atoms with Gasteiger partial charge in [-0.1, -0.05) is 29.2 Å². The van der Waals surface area contributed by atoms with Crippen LogP contribution in [0, 0.1) is 6.92 Å². The molecule has 140 valence electrons. The van der Waals surface area contributed by atoms with E-state index in [0.29, 0.717) is 6.54 Å². The highest BCUT2D eigenvalue weighted by molar-refractivity contribution is 8.08. The lowest BCUT2D eigenvalue weighted by Gasteiger charge is -2.12. The molecule has 0 radical (unpaired) electrons. The van der Waals surface area contributed by atoms with Gasteiger partial charge in [0, 0.05) is 18.5 Å². The van der Waals surface area contributed by atoms with E-state index < -0.39 is 0 Å². The summed E-state index contributed by atoms with van der Waals surface area (Å²) < 4.78 is 5.92. The van der Waals surface area contributed by atoms with Crippen molar-refractivity contribution in [3.63, 3.8) is 0 Å². The first-order chi connectivity index (χ1) is 13.0. The van der Waals surface area contributed by atoms with Gasteiger partial charge in [0.1, 0.15) is 20.8 Å². The Morgan fingerprint density at radius 2 is 2.07 bits per heavy atom. The molecule has 1 aliphatic rings. The molecule has 1 aliphatic heterocycles. The van der Waals surface area contributed by atoms with Crippen LogP contribution in [0.5, 0.6) is 0 Å². The Morgan fingerprint density at radius 1 is 1.26 bits per heavy atom. The summed E-state index contributed by atoms with van der Waals surface area (Å²) >= 11 is 4.99. The Kier molecular flexibility index (Phi) is 5.01. The molecule has 1 aromatic carbocycles. The summed E-state index contributed by atoms with van der Waals surface area (Å²) in [6.45, 7) is 7.87. The molecule has 7 heteroatoms. The van der Waals surface area contributed by atoms with Crippen molar-refractivity contribution in [1.82, 2.24) is 4.57 Å². The lowest BCUT2D eigenvalue weighted by atomic mass is 10.2. The van der Waals surface area contributed by atoms with Gasteiger partial charge in [0.15, 0.2) is 6.20 Å². The summed E-state index contributed by atoms with van der Waals surface area (Å²) in [5.74, 6) is 0. The van der Waals surface area contributed by atoms with Crippen molar-refractivity contribution < 1.29 is 4.57 Å². The number of nitrogens with zero attached hydrogens (tertiary/aromatic N) is 3. The van der Waals surface area contributed by atoms with Gasteiger partial charge in [0.25, 0.3) is 10.6 Å². The normalized spacial score (nSPS) is 16.3. The Balaban J connectivity index is 1.93. The van der Waals surface area contributed by atoms with E-state index in [1.807, 2.05) is 18.5 Å². The average molecular weight is 417 g/mol. The Labute approximate surface area is 170 Å². The number of hydrogen-bond acceptors (Lipinski definition) is 5. The molecular weight excluding hydrogens is 394 g/mol. The number of aryl methyl sites for hydroxylation is 2. The van der Waals surface area contributed by atoms with Crippen LogP contribution >= 0.6 is 34.4 Å². The first-order valence-electron chi connectivity index (χ1n) is 8.98. The third-order valence-corrected chi connectivity index (χ3v) is 8.03. The van der Waals surface area contributed by atoms with Crippen molar-refractivity contribution in [2.24, 2.45) is 0 Å². The minimum atomic E-state index is 0.104. The van der Waals surface area contributed by atoms with E-state index in [0.717, 1.165) is 20.8 Å². The third-order valence-electron chi connectivity index (χ3n) is 4.71. The zero-order chi connectivity index (χ0) is 19.1. The van der Waals surface area contributed by atoms with Crippen LogP contribution in [0.2, 0.25) is 0 Å². The van der Waals surface area contributed by atoms with E-state index in [9.17, 15) is 4.79 Å². The molecule has 0 saturated heterocycles. The minimum Gasteiger partial charge on any atom is -0.337 e. The topological polar surface area (TPSA) is 29.1 Å². The van der Waals surface area contributed by atoms with E-state index >= 15 is 0 Å². The fraction of sp³-hybridized carbons (Fsp3) is 0.300. The second-order valence-electron chi connectivity index (χ2n) is 6.43. The predicted molar refractivity (Wildman–Crippen MR) is 116 cm³/mol. The van der Waals surface area contributed by atoms with Crippen molar-refractivity contribution in [2.45, 2.75) is 38.8 Å². The van der Waals surface area contributed by atoms with Crippen LogP contribution in [-0.4, -0.2) is 11.6 Å². The van der Waals surface area contributed by atoms with E-state index in [-0.39, 0.29) is 5.56 Å². The predicted octanol–water partition coefficient (Wildman–Crippen LogP) is 2.74. The highest BCUT2D eigenvalue weighted by Crippen LogP contribution is 2.45. The number of rotatable bonds is 3. The van der Waals surface area contributed by atoms with Crippen molar-refractivity contribution in [1.29, 1.82) is 0 Å². The summed E-state index contributed by atoms with van der Waals surface area (Å²) in [7, 11) is 2.05. The molecule has 0 aliphatic carbocycles. The minimum absolute atomic E-state index is 0.104. The van der Waals surface area contributed by atoms with Gasteiger partial charge in [-0.15, -0.1) is 11.3 Å². The zero-order valence-corrected chi connectivity index (χ0v) is 18.3. The Bertz CT molecular complexity index is 1190. The number of thioether (sulfide) groups is 1. The maximum absolute atomic E-state index is 13.1. The summed E-state index contributed by atoms with van der Waals surface area (Å²) in [4.78, 5) is 16.5. The van der Waals surface area contributed by atoms with Crippen molar-refractivity contribution >= 4 is 51.2 Å². The molecule has 0 fully saturated rings. The van der Waals surface area contributed by atoms with Crippen LogP contribution in [-0.2, 0) is 13.1 Å². The number of anilines is 1. The summed E-state index contributed by atoms with van der Waals surface area (Å²) in [6, 6.07) is 6.45. The molecule has 0 saturated carbocycles. The largest absolute Gasteiger partial charge is 0.337 e. The molecule has 0 amide bonds. The van der Waals surface area contributed by atoms with Crippen LogP contribution < -0.4 is 24.2 Å². The molecule has 0 bridgehead atoms. The number of benzene rings is 1. The van der Waals surface area contributed by atoms with E-state index in [1.165, 1.54) is 21.2 Å². The summed E-state index contributed by atoms with van der Waals surface area (Å²) in [6.07, 6.45) is 4.23. The van der Waals surface area contributed by atoms with Crippen LogP contribution in [0.4, 0.5) is 5.69 Å². The molecule has 3 aromatic rings. The van der Waals surface area contributed by atoms with Crippen LogP contribution in [0.15, 0.2) is 39.5 Å². The standard InChI is InChI=1S/C20H22N3OS3/c1-5-22-9-10-25-16(22)12-17-23(6-2)19(24)18(27-17)20-21(4)14-8-7-13(3)11-15(14)26-20/h7-12H,5-6H2,1-4H3/q+1/b20-18+. The van der Waals surface area contributed by atoms with Crippen LogP contribution in [0.1, 0.15) is 24.4 Å². The zero-order valence-electron chi connectivity index (χ0n) is 15.9. The third kappa shape index (κ3) is 3.17. The van der Waals surface area contributed by atoms with Crippen LogP contribution in [0.3, 0.4) is 0 Å². The maximum Gasteiger partial charge on any atom is 0.271 e. The van der Waals surface area contributed by atoms with Crippen molar-refractivity contribution in [2.75, 3.05) is 11.9 Å². The van der Waals surface area contributed by atoms with Crippen molar-refractivity contribution in [3.8, 4) is 0 Å². The van der Waals surface area contributed by atoms with E-state index in [1.54, 1.807) is 34.4 Å². The van der Waals surface area contributed by atoms with E-state index in [4.69, 9.17) is 0 Å². The second kappa shape index (κ2) is 7.30. The lowest BCUT2D eigenvalue weighted by molar-refractivity contribution is -0.690. The molecule has 2 aromatic heterocycles. The number of thiazole rings is 2. The fourth-order valence-corrected chi connectivity index (χ4v) is 6.71. The first-order valence-corrected chi connectivity index (χ1v) is 11.5. The van der Waals surface area contributed by atoms with Crippen molar-refractivity contribution in [3.05, 3.63) is 59.9 Å². The lowest BCUT2D eigenvalue weighted by Crippen LogP contribution is -2.35. The molecule has 27 heavy (non-hydrogen) atoms. The Hall–Kier alpha value is -1.83. The number of aromatic nitrogens is 2. The van der Waals surface area contributed by atoms with Gasteiger partial charge in [-0.25, -0.2) is 0 Å². The smallest absolute Gasteiger partial charge is 0.271 e. The molecule has 3 heterocycles. The number of hydrogen-bond donors (Lipinski definition) is 0. The molecule has 0 unspecified atom stereocenters. The van der Waals surface area contributed by atoms with Gasteiger partial charge in [0.2, 0.25) is 0 Å². The molecular formula is C20H22N3OS3+. The molecule has 4 rings (SSSR count). The average Bonchev–Trinajstić information content (AvgIpc) is 3.31. The van der Waals surface area contributed by atoms with Gasteiger partial charge in [0.05, 0.1) is 17.1 Å². The summed E-state index contributed by atoms with van der Waals surface area (Å²) in [5.41, 5.74) is 2.51. The number of fused-ring (bicyclic) bond motifs is 1. The first kappa shape index (κ1) is 18.5. The quantitative estimate of drug-likeness (QED) is 0.615. The van der Waals surface area contributed by atoms with Gasteiger partial charge < -0.3 is 4.90 Å². The maximum atomic E-state index is 13.1. The highest BCUT2D eigenvalue weighted by Gasteiger charge is 2.24. The molecule has 0 spiro atoms. The van der Waals surface area contributed by atoms with Gasteiger partial charge in [-0.3, -0.25) is 9.36 Å². The second-order valence-corrected chi connectivity index (χ2v) is 9.42. The van der Waals surface area contributed by atoms with Gasteiger partial charge in [-0.2, -0.15) is 4.57 Å². The van der Waals surface area contributed by atoms with E-state index in [2.05, 4.69) is 59.2 Å². The molecule has 0 atom stereocenters. The molecule has 0 N–H and O–H groups in total.